The fourth-order valence-corrected chi connectivity index (χ4v) is 7.74. The average Bonchev–Trinajstić information content (AvgIpc) is 3.29. The molecule has 63 heavy (non-hydrogen) atoms. The maximum Gasteiger partial charge on any atom is 0.306 e. The zero-order chi connectivity index (χ0) is 45.6. The minimum absolute atomic E-state index is 0.0842. The van der Waals surface area contributed by atoms with Gasteiger partial charge in [-0.2, -0.15) is 0 Å². The molecular formula is C58H102O5. The third-order valence-corrected chi connectivity index (χ3v) is 11.8. The number of aliphatic hydroxyl groups is 1. The summed E-state index contributed by atoms with van der Waals surface area (Å²) in [7, 11) is 0. The lowest BCUT2D eigenvalue weighted by atomic mass is 10.0. The Hall–Kier alpha value is -2.66. The summed E-state index contributed by atoms with van der Waals surface area (Å²) in [6.45, 7) is 4.02. The predicted octanol–water partition coefficient (Wildman–Crippen LogP) is 18.0. The number of esters is 2. The molecule has 0 saturated carbocycles. The van der Waals surface area contributed by atoms with Crippen LogP contribution in [0.1, 0.15) is 264 Å². The Kier molecular flexibility index (Phi) is 51.4. The van der Waals surface area contributed by atoms with Crippen LogP contribution in [-0.4, -0.2) is 36.4 Å². The van der Waals surface area contributed by atoms with Crippen molar-refractivity contribution in [3.8, 4) is 0 Å². The van der Waals surface area contributed by atoms with Gasteiger partial charge in [0, 0.05) is 12.8 Å². The second kappa shape index (κ2) is 53.7. The zero-order valence-electron chi connectivity index (χ0n) is 41.6. The second-order valence-corrected chi connectivity index (χ2v) is 17.9. The lowest BCUT2D eigenvalue weighted by molar-refractivity contribution is -0.161. The third kappa shape index (κ3) is 51.9. The van der Waals surface area contributed by atoms with E-state index in [1.54, 1.807) is 0 Å². The minimum Gasteiger partial charge on any atom is -0.462 e. The fourth-order valence-electron chi connectivity index (χ4n) is 7.74. The summed E-state index contributed by atoms with van der Waals surface area (Å²) in [6.07, 6.45) is 73.0. The van der Waals surface area contributed by atoms with Gasteiger partial charge >= 0.3 is 11.9 Å². The van der Waals surface area contributed by atoms with E-state index in [0.29, 0.717) is 12.8 Å². The predicted molar refractivity (Wildman–Crippen MR) is 274 cm³/mol. The van der Waals surface area contributed by atoms with Gasteiger partial charge in [-0.05, 0) is 64.2 Å². The van der Waals surface area contributed by atoms with Crippen molar-refractivity contribution in [1.82, 2.24) is 0 Å². The van der Waals surface area contributed by atoms with E-state index in [2.05, 4.69) is 86.8 Å². The average molecular weight is 879 g/mol. The molecule has 0 aliphatic heterocycles. The third-order valence-electron chi connectivity index (χ3n) is 11.8. The van der Waals surface area contributed by atoms with Crippen molar-refractivity contribution in [2.24, 2.45) is 0 Å². The highest BCUT2D eigenvalue weighted by molar-refractivity contribution is 5.70. The number of aliphatic hydroxyl groups excluding tert-OH is 1. The summed E-state index contributed by atoms with van der Waals surface area (Å²) < 4.78 is 10.7. The molecule has 364 valence electrons. The van der Waals surface area contributed by atoms with Gasteiger partial charge in [-0.25, -0.2) is 0 Å². The van der Waals surface area contributed by atoms with Crippen LogP contribution in [0.2, 0.25) is 0 Å². The van der Waals surface area contributed by atoms with Gasteiger partial charge in [0.05, 0.1) is 6.61 Å². The summed E-state index contributed by atoms with van der Waals surface area (Å²) in [5.41, 5.74) is 0. The Bertz CT molecular complexity index is 1130. The van der Waals surface area contributed by atoms with Crippen molar-refractivity contribution < 1.29 is 24.2 Å². The van der Waals surface area contributed by atoms with Gasteiger partial charge < -0.3 is 14.6 Å². The number of ether oxygens (including phenoxy) is 2. The fraction of sp³-hybridized carbons (Fsp3) is 0.759. The van der Waals surface area contributed by atoms with E-state index < -0.39 is 6.10 Å². The normalized spacial score (nSPS) is 12.7. The van der Waals surface area contributed by atoms with E-state index in [1.165, 1.54) is 161 Å². The first-order chi connectivity index (χ1) is 31.1. The van der Waals surface area contributed by atoms with Gasteiger partial charge in [0.25, 0.3) is 0 Å². The molecular weight excluding hydrogens is 777 g/mol. The highest BCUT2D eigenvalue weighted by atomic mass is 16.6. The summed E-state index contributed by atoms with van der Waals surface area (Å²) >= 11 is 0. The number of carbonyl (C=O) groups is 2. The van der Waals surface area contributed by atoms with Crippen molar-refractivity contribution in [3.63, 3.8) is 0 Å². The molecule has 0 rings (SSSR count). The van der Waals surface area contributed by atoms with Crippen molar-refractivity contribution in [3.05, 3.63) is 72.9 Å². The van der Waals surface area contributed by atoms with Crippen LogP contribution >= 0.6 is 0 Å². The molecule has 0 heterocycles. The number of hydrogen-bond acceptors (Lipinski definition) is 5. The molecule has 0 fully saturated rings. The molecule has 0 aromatic rings. The van der Waals surface area contributed by atoms with Crippen molar-refractivity contribution in [1.29, 1.82) is 0 Å². The van der Waals surface area contributed by atoms with Crippen molar-refractivity contribution in [2.45, 2.75) is 270 Å². The monoisotopic (exact) mass is 879 g/mol. The second-order valence-electron chi connectivity index (χ2n) is 17.9. The first-order valence-electron chi connectivity index (χ1n) is 27.0. The quantitative estimate of drug-likeness (QED) is 0.0374. The van der Waals surface area contributed by atoms with Gasteiger partial charge in [-0.3, -0.25) is 9.59 Å². The highest BCUT2D eigenvalue weighted by Crippen LogP contribution is 2.17. The van der Waals surface area contributed by atoms with E-state index in [4.69, 9.17) is 9.47 Å². The molecule has 0 aromatic carbocycles. The molecule has 1 atom stereocenters. The topological polar surface area (TPSA) is 72.8 Å². The SMILES string of the molecule is CC/C=C\C/C=C\C/C=C\C/C=C\C/C=C\C/C=C\CCCCC(=O)OC(CO)COC(=O)CCCCCCCCCCCCCCCCCCCCCCCCCCCCCC. The van der Waals surface area contributed by atoms with E-state index in [9.17, 15) is 14.7 Å². The van der Waals surface area contributed by atoms with E-state index in [-0.39, 0.29) is 25.2 Å². The molecule has 0 bridgehead atoms. The molecule has 0 aliphatic rings. The first-order valence-corrected chi connectivity index (χ1v) is 27.0. The maximum atomic E-state index is 12.3. The van der Waals surface area contributed by atoms with Crippen LogP contribution in [0.25, 0.3) is 0 Å². The van der Waals surface area contributed by atoms with Gasteiger partial charge in [0.1, 0.15) is 6.61 Å². The maximum absolute atomic E-state index is 12.3. The molecule has 1 unspecified atom stereocenters. The molecule has 0 aliphatic carbocycles. The molecule has 0 saturated heterocycles. The number of rotatable bonds is 49. The van der Waals surface area contributed by atoms with Gasteiger partial charge in [0.15, 0.2) is 6.10 Å². The van der Waals surface area contributed by atoms with Crippen LogP contribution in [0.15, 0.2) is 72.9 Å². The highest BCUT2D eigenvalue weighted by Gasteiger charge is 2.16. The van der Waals surface area contributed by atoms with Gasteiger partial charge in [0.2, 0.25) is 0 Å². The number of hydrogen-bond donors (Lipinski definition) is 1. The zero-order valence-corrected chi connectivity index (χ0v) is 41.6. The van der Waals surface area contributed by atoms with Gasteiger partial charge in [-0.15, -0.1) is 0 Å². The number of carbonyl (C=O) groups excluding carboxylic acids is 2. The van der Waals surface area contributed by atoms with E-state index in [1.807, 2.05) is 0 Å². The molecule has 0 amide bonds. The van der Waals surface area contributed by atoms with Crippen molar-refractivity contribution in [2.75, 3.05) is 13.2 Å². The first kappa shape index (κ1) is 60.3. The Balaban J connectivity index is 3.52. The lowest BCUT2D eigenvalue weighted by Crippen LogP contribution is -2.28. The molecule has 1 N–H and O–H groups in total. The van der Waals surface area contributed by atoms with Crippen LogP contribution in [0.5, 0.6) is 0 Å². The minimum atomic E-state index is -0.798. The largest absolute Gasteiger partial charge is 0.462 e. The molecule has 5 heteroatoms. The smallest absolute Gasteiger partial charge is 0.306 e. The number of unbranched alkanes of at least 4 members (excludes halogenated alkanes) is 29. The molecule has 0 aromatic heterocycles. The van der Waals surface area contributed by atoms with E-state index >= 15 is 0 Å². The Morgan fingerprint density at radius 1 is 0.381 bits per heavy atom. The van der Waals surface area contributed by atoms with Crippen LogP contribution in [0, 0.1) is 0 Å². The summed E-state index contributed by atoms with van der Waals surface area (Å²) in [4.78, 5) is 24.5. The van der Waals surface area contributed by atoms with Gasteiger partial charge in [-0.1, -0.05) is 260 Å². The van der Waals surface area contributed by atoms with Crippen molar-refractivity contribution >= 4 is 11.9 Å². The molecule has 0 radical (unpaired) electrons. The standard InChI is InChI=1S/C58H102O5/c1-3-5-7-9-11-13-15-17-19-21-23-25-26-27-28-29-30-31-33-34-36-38-40-42-44-46-48-50-52-57(60)62-55-56(54-59)63-58(61)53-51-49-47-45-43-41-39-37-35-32-24-22-20-18-16-14-12-10-8-6-4-2/h6,8,12,14,18,20,24,32,37,39,43,45,56,59H,3-5,7,9-11,13,15-17,19,21-23,25-31,33-36,38,40-42,44,46-55H2,1-2H3/b8-6-,14-12-,20-18-,32-24-,39-37-,45-43-. The Morgan fingerprint density at radius 2 is 0.683 bits per heavy atom. The van der Waals surface area contributed by atoms with Crippen LogP contribution in [-0.2, 0) is 19.1 Å². The summed E-state index contributed by atoms with van der Waals surface area (Å²) in [5.74, 6) is -0.635. The van der Waals surface area contributed by atoms with Crippen LogP contribution in [0.3, 0.4) is 0 Å². The summed E-state index contributed by atoms with van der Waals surface area (Å²) in [5, 5.41) is 9.63. The van der Waals surface area contributed by atoms with Crippen LogP contribution < -0.4 is 0 Å². The van der Waals surface area contributed by atoms with E-state index in [0.717, 1.165) is 77.0 Å². The van der Waals surface area contributed by atoms with Crippen LogP contribution in [0.4, 0.5) is 0 Å². The lowest BCUT2D eigenvalue weighted by Gasteiger charge is -2.15. The molecule has 5 nitrogen and oxygen atoms in total. The Morgan fingerprint density at radius 3 is 1.03 bits per heavy atom. The Labute approximate surface area is 391 Å². The number of allylic oxidation sites excluding steroid dienone is 12. The molecule has 0 spiro atoms. The summed E-state index contributed by atoms with van der Waals surface area (Å²) in [6, 6.07) is 0.